The van der Waals surface area contributed by atoms with Crippen LogP contribution in [-0.4, -0.2) is 61.7 Å². The molecule has 7 heteroatoms. The van der Waals surface area contributed by atoms with Crippen molar-refractivity contribution in [3.05, 3.63) is 0 Å². The van der Waals surface area contributed by atoms with E-state index in [1.807, 2.05) is 0 Å². The molecule has 0 amide bonds. The smallest absolute Gasteiger partial charge is 0.335 e. The number of carbonyl (C=O) groups excluding carboxylic acids is 1. The molecule has 0 aromatic rings. The highest BCUT2D eigenvalue weighted by molar-refractivity contribution is 5.86. The van der Waals surface area contributed by atoms with Crippen molar-refractivity contribution in [1.29, 1.82) is 0 Å². The lowest BCUT2D eigenvalue weighted by Crippen LogP contribution is -2.51. The zero-order valence-corrected chi connectivity index (χ0v) is 10.5. The number of carboxylic acids is 1. The van der Waals surface area contributed by atoms with Gasteiger partial charge in [0.2, 0.25) is 0 Å². The average Bonchev–Trinajstić information content (AvgIpc) is 2.44. The van der Waals surface area contributed by atoms with Crippen LogP contribution in [0.3, 0.4) is 0 Å². The lowest BCUT2D eigenvalue weighted by Gasteiger charge is -2.28. The highest BCUT2D eigenvalue weighted by Gasteiger charge is 2.39. The molecule has 0 unspecified atom stereocenters. The molecule has 1 saturated carbocycles. The third kappa shape index (κ3) is 3.97. The van der Waals surface area contributed by atoms with Gasteiger partial charge < -0.3 is 25.5 Å². The van der Waals surface area contributed by atoms with Gasteiger partial charge in [0.05, 0.1) is 0 Å². The van der Waals surface area contributed by atoms with Crippen molar-refractivity contribution in [2.24, 2.45) is 5.92 Å². The Bertz CT molecular complexity index is 324. The van der Waals surface area contributed by atoms with Crippen LogP contribution in [0.15, 0.2) is 0 Å². The van der Waals surface area contributed by atoms with Gasteiger partial charge in [-0.05, 0) is 12.8 Å². The third-order valence-corrected chi connectivity index (χ3v) is 3.55. The first-order valence-electron chi connectivity index (χ1n) is 6.35. The minimum absolute atomic E-state index is 0.382. The van der Waals surface area contributed by atoms with E-state index in [2.05, 4.69) is 0 Å². The Kier molecular flexibility index (Phi) is 5.86. The van der Waals surface area contributed by atoms with E-state index in [1.165, 1.54) is 0 Å². The number of carbonyl (C=O) groups is 2. The van der Waals surface area contributed by atoms with Crippen LogP contribution >= 0.6 is 0 Å². The summed E-state index contributed by atoms with van der Waals surface area (Å²) >= 11 is 0. The van der Waals surface area contributed by atoms with Crippen LogP contribution in [0, 0.1) is 5.92 Å². The van der Waals surface area contributed by atoms with E-state index in [4.69, 9.17) is 10.2 Å². The molecule has 0 aromatic carbocycles. The number of aliphatic carboxylic acids is 1. The summed E-state index contributed by atoms with van der Waals surface area (Å²) in [4.78, 5) is 22.3. The molecular weight excluding hydrogens is 256 g/mol. The second kappa shape index (κ2) is 6.95. The lowest BCUT2D eigenvalue weighted by molar-refractivity contribution is -0.167. The van der Waals surface area contributed by atoms with Crippen LogP contribution in [0.25, 0.3) is 0 Å². The summed E-state index contributed by atoms with van der Waals surface area (Å²) in [5.41, 5.74) is 0. The second-order valence-corrected chi connectivity index (χ2v) is 4.95. The summed E-state index contributed by atoms with van der Waals surface area (Å²) in [6, 6.07) is 0. The van der Waals surface area contributed by atoms with Gasteiger partial charge in [-0.15, -0.1) is 0 Å². The minimum Gasteiger partial charge on any atom is -0.479 e. The minimum atomic E-state index is -2.25. The van der Waals surface area contributed by atoms with Gasteiger partial charge in [-0.1, -0.05) is 19.3 Å². The summed E-state index contributed by atoms with van der Waals surface area (Å²) in [6.45, 7) is 0. The van der Waals surface area contributed by atoms with E-state index in [-0.39, 0.29) is 5.92 Å². The fraction of sp³-hybridized carbons (Fsp3) is 0.833. The normalized spacial score (nSPS) is 23.4. The fourth-order valence-corrected chi connectivity index (χ4v) is 2.32. The fourth-order valence-electron chi connectivity index (χ4n) is 2.32. The van der Waals surface area contributed by atoms with Gasteiger partial charge in [0.15, 0.2) is 11.9 Å². The predicted octanol–water partition coefficient (Wildman–Crippen LogP) is -1.34. The zero-order valence-electron chi connectivity index (χ0n) is 10.5. The summed E-state index contributed by atoms with van der Waals surface area (Å²) in [5.74, 6) is -2.72. The molecule has 0 bridgehead atoms. The van der Waals surface area contributed by atoms with E-state index in [9.17, 15) is 24.9 Å². The lowest BCUT2D eigenvalue weighted by atomic mass is 9.82. The number of aliphatic hydroxyl groups excluding tert-OH is 4. The van der Waals surface area contributed by atoms with Crippen molar-refractivity contribution in [2.75, 3.05) is 0 Å². The Hall–Kier alpha value is -1.02. The van der Waals surface area contributed by atoms with E-state index in [0.29, 0.717) is 12.8 Å². The molecule has 0 aromatic heterocycles. The molecule has 0 saturated heterocycles. The van der Waals surface area contributed by atoms with Gasteiger partial charge in [0, 0.05) is 5.92 Å². The highest BCUT2D eigenvalue weighted by atomic mass is 16.4. The largest absolute Gasteiger partial charge is 0.479 e. The van der Waals surface area contributed by atoms with E-state index < -0.39 is 36.2 Å². The molecule has 0 aliphatic heterocycles. The molecule has 0 spiro atoms. The Morgan fingerprint density at radius 3 is 1.79 bits per heavy atom. The Morgan fingerprint density at radius 1 is 0.842 bits per heavy atom. The van der Waals surface area contributed by atoms with Crippen molar-refractivity contribution in [2.45, 2.75) is 56.5 Å². The molecule has 7 nitrogen and oxygen atoms in total. The van der Waals surface area contributed by atoms with E-state index in [1.54, 1.807) is 0 Å². The maximum atomic E-state index is 11.9. The van der Waals surface area contributed by atoms with Gasteiger partial charge in [-0.3, -0.25) is 4.79 Å². The molecule has 5 N–H and O–H groups in total. The first-order chi connectivity index (χ1) is 8.86. The predicted molar refractivity (Wildman–Crippen MR) is 63.2 cm³/mol. The molecule has 1 aliphatic rings. The number of hydrogen-bond donors (Lipinski definition) is 5. The number of hydrogen-bond acceptors (Lipinski definition) is 6. The monoisotopic (exact) mass is 276 g/mol. The van der Waals surface area contributed by atoms with Gasteiger partial charge >= 0.3 is 5.97 Å². The van der Waals surface area contributed by atoms with Crippen LogP contribution in [0.4, 0.5) is 0 Å². The third-order valence-electron chi connectivity index (χ3n) is 3.55. The molecule has 0 heterocycles. The summed E-state index contributed by atoms with van der Waals surface area (Å²) < 4.78 is 0. The van der Waals surface area contributed by atoms with Crippen LogP contribution in [0.5, 0.6) is 0 Å². The summed E-state index contributed by atoms with van der Waals surface area (Å²) in [5, 5.41) is 46.2. The zero-order chi connectivity index (χ0) is 14.6. The van der Waals surface area contributed by atoms with E-state index >= 15 is 0 Å². The molecule has 19 heavy (non-hydrogen) atoms. The van der Waals surface area contributed by atoms with Crippen molar-refractivity contribution < 1.29 is 35.1 Å². The molecule has 110 valence electrons. The number of rotatable bonds is 6. The second-order valence-electron chi connectivity index (χ2n) is 4.95. The molecular formula is C12H20O7. The van der Waals surface area contributed by atoms with Crippen LogP contribution in [-0.2, 0) is 9.59 Å². The Morgan fingerprint density at radius 2 is 1.32 bits per heavy atom. The SMILES string of the molecule is O=C(O)[C@@H](O)[C@H](O)[C@H](O)[C@@H](O)C(=O)C1CCCCC1. The van der Waals surface area contributed by atoms with Crippen LogP contribution in [0.2, 0.25) is 0 Å². The molecule has 1 fully saturated rings. The first-order valence-corrected chi connectivity index (χ1v) is 6.35. The van der Waals surface area contributed by atoms with Gasteiger partial charge in [-0.25, -0.2) is 4.79 Å². The van der Waals surface area contributed by atoms with Gasteiger partial charge in [0.25, 0.3) is 0 Å². The Labute approximate surface area is 110 Å². The number of Topliss-reactive ketones (excluding diaryl/α,β-unsaturated/α-hetero) is 1. The molecule has 0 radical (unpaired) electrons. The number of carboxylic acid groups (broad SMARTS) is 1. The maximum Gasteiger partial charge on any atom is 0.335 e. The maximum absolute atomic E-state index is 11.9. The quantitative estimate of drug-likeness (QED) is 0.405. The molecule has 4 atom stereocenters. The van der Waals surface area contributed by atoms with Crippen molar-refractivity contribution in [1.82, 2.24) is 0 Å². The topological polar surface area (TPSA) is 135 Å². The standard InChI is InChI=1S/C12H20O7/c13-7(6-4-2-1-3-5-6)8(14)9(15)10(16)11(17)12(18)19/h6,8-11,14-17H,1-5H2,(H,18,19)/t8-,9+,10+,11-/m0/s1. The average molecular weight is 276 g/mol. The van der Waals surface area contributed by atoms with E-state index in [0.717, 1.165) is 19.3 Å². The van der Waals surface area contributed by atoms with Crippen molar-refractivity contribution >= 4 is 11.8 Å². The summed E-state index contributed by atoms with van der Waals surface area (Å²) in [6.07, 6.45) is -4.29. The van der Waals surface area contributed by atoms with Crippen LogP contribution < -0.4 is 0 Å². The van der Waals surface area contributed by atoms with Crippen molar-refractivity contribution in [3.63, 3.8) is 0 Å². The molecule has 1 rings (SSSR count). The van der Waals surface area contributed by atoms with Gasteiger partial charge in [0.1, 0.15) is 18.3 Å². The van der Waals surface area contributed by atoms with Gasteiger partial charge in [-0.2, -0.15) is 0 Å². The first kappa shape index (κ1) is 16.0. The number of aliphatic hydroxyl groups is 4. The van der Waals surface area contributed by atoms with Crippen molar-refractivity contribution in [3.8, 4) is 0 Å². The Balaban J connectivity index is 2.62. The molecule has 1 aliphatic carbocycles. The number of ketones is 1. The van der Waals surface area contributed by atoms with Crippen LogP contribution in [0.1, 0.15) is 32.1 Å². The highest BCUT2D eigenvalue weighted by Crippen LogP contribution is 2.26. The summed E-state index contributed by atoms with van der Waals surface area (Å²) in [7, 11) is 0.